The Morgan fingerprint density at radius 1 is 0.458 bits per heavy atom. The summed E-state index contributed by atoms with van der Waals surface area (Å²) in [6, 6.07) is 65.3. The third kappa shape index (κ3) is 9.95. The number of nitrogens with zero attached hydrogens (tertiary/aromatic N) is 4. The highest BCUT2D eigenvalue weighted by atomic mass is 16.5. The van der Waals surface area contributed by atoms with Crippen molar-refractivity contribution in [1.29, 1.82) is 5.26 Å². The molecule has 72 heavy (non-hydrogen) atoms. The maximum Gasteiger partial charge on any atom is 0.194 e. The Kier molecular flexibility index (Phi) is 13.6. The Bertz CT molecular complexity index is 3320. The van der Waals surface area contributed by atoms with Gasteiger partial charge in [-0.25, -0.2) is 4.85 Å². The first kappa shape index (κ1) is 48.2. The van der Waals surface area contributed by atoms with Crippen LogP contribution in [0.25, 0.3) is 50.7 Å². The van der Waals surface area contributed by atoms with Gasteiger partial charge in [0.15, 0.2) is 5.69 Å². The molecule has 354 valence electrons. The number of benzene rings is 9. The standard InChI is InChI=1S/C66H58N4O2/c1-65(2,3)60-38-40-63(58-16-12-10-14-56(58)60)69(52-30-34-54(71-8)35-31-52)50-26-20-45(21-27-50)18-24-47-43-62(68-7)48(42-49(47)44-67)25-19-46-22-28-51(29-23-46)70(53-32-36-55(72-9)37-33-53)64-41-39-61(66(4,5)6)57-15-11-13-17-59(57)64/h10-43H,1-6,8-9H3/b24-18+,25-19+. The second-order valence-corrected chi connectivity index (χ2v) is 20.0. The molecular weight excluding hydrogens is 881 g/mol. The van der Waals surface area contributed by atoms with Crippen LogP contribution in [-0.4, -0.2) is 14.2 Å². The summed E-state index contributed by atoms with van der Waals surface area (Å²) in [5.41, 5.74) is 12.9. The summed E-state index contributed by atoms with van der Waals surface area (Å²) in [4.78, 5) is 8.47. The zero-order chi connectivity index (χ0) is 50.6. The number of hydrogen-bond acceptors (Lipinski definition) is 5. The van der Waals surface area contributed by atoms with Gasteiger partial charge in [0.25, 0.3) is 0 Å². The molecule has 0 saturated heterocycles. The lowest BCUT2D eigenvalue weighted by atomic mass is 9.83. The molecule has 0 saturated carbocycles. The average Bonchev–Trinajstić information content (AvgIpc) is 3.40. The maximum atomic E-state index is 10.4. The van der Waals surface area contributed by atoms with E-state index in [-0.39, 0.29) is 10.8 Å². The smallest absolute Gasteiger partial charge is 0.194 e. The number of nitriles is 1. The van der Waals surface area contributed by atoms with E-state index in [1.807, 2.05) is 48.6 Å². The van der Waals surface area contributed by atoms with Crippen LogP contribution in [0, 0.1) is 17.9 Å². The molecule has 0 aliphatic heterocycles. The highest BCUT2D eigenvalue weighted by Crippen LogP contribution is 2.44. The Labute approximate surface area is 424 Å². The zero-order valence-corrected chi connectivity index (χ0v) is 42.2. The van der Waals surface area contributed by atoms with Crippen LogP contribution < -0.4 is 19.3 Å². The molecule has 0 spiro atoms. The van der Waals surface area contributed by atoms with Crippen LogP contribution in [0.5, 0.6) is 11.5 Å². The van der Waals surface area contributed by atoms with Gasteiger partial charge >= 0.3 is 0 Å². The first-order valence-electron chi connectivity index (χ1n) is 24.2. The lowest BCUT2D eigenvalue weighted by Gasteiger charge is -2.29. The summed E-state index contributed by atoms with van der Waals surface area (Å²) in [5.74, 6) is 1.59. The van der Waals surface area contributed by atoms with E-state index in [0.717, 1.165) is 56.8 Å². The van der Waals surface area contributed by atoms with Crippen LogP contribution in [0.1, 0.15) is 80.5 Å². The molecular formula is C66H58N4O2. The van der Waals surface area contributed by atoms with Crippen LogP contribution in [0.15, 0.2) is 182 Å². The second-order valence-electron chi connectivity index (χ2n) is 20.0. The van der Waals surface area contributed by atoms with Crippen molar-refractivity contribution >= 4 is 85.7 Å². The van der Waals surface area contributed by atoms with E-state index in [1.54, 1.807) is 26.4 Å². The third-order valence-corrected chi connectivity index (χ3v) is 13.2. The van der Waals surface area contributed by atoms with E-state index >= 15 is 0 Å². The molecule has 0 aliphatic rings. The van der Waals surface area contributed by atoms with Crippen molar-refractivity contribution < 1.29 is 9.47 Å². The zero-order valence-electron chi connectivity index (χ0n) is 42.2. The van der Waals surface area contributed by atoms with Crippen LogP contribution in [0.4, 0.5) is 39.8 Å². The molecule has 0 aliphatic carbocycles. The molecule has 0 bridgehead atoms. The first-order valence-corrected chi connectivity index (χ1v) is 24.2. The van der Waals surface area contributed by atoms with Gasteiger partial charge in [-0.05, 0) is 152 Å². The molecule has 0 N–H and O–H groups in total. The van der Waals surface area contributed by atoms with Gasteiger partial charge < -0.3 is 19.3 Å². The highest BCUT2D eigenvalue weighted by molar-refractivity contribution is 6.02. The molecule has 0 fully saturated rings. The molecule has 0 radical (unpaired) electrons. The van der Waals surface area contributed by atoms with E-state index in [0.29, 0.717) is 22.4 Å². The Morgan fingerprint density at radius 3 is 1.19 bits per heavy atom. The lowest BCUT2D eigenvalue weighted by molar-refractivity contribution is 0.414. The van der Waals surface area contributed by atoms with Gasteiger partial charge in [0.2, 0.25) is 0 Å². The first-order chi connectivity index (χ1) is 34.8. The van der Waals surface area contributed by atoms with Gasteiger partial charge in [0, 0.05) is 33.5 Å². The average molecular weight is 939 g/mol. The Hall–Kier alpha value is -8.84. The van der Waals surface area contributed by atoms with Gasteiger partial charge in [0.05, 0.1) is 43.8 Å². The maximum absolute atomic E-state index is 10.4. The summed E-state index contributed by atoms with van der Waals surface area (Å²) in [6.45, 7) is 21.7. The third-order valence-electron chi connectivity index (χ3n) is 13.2. The van der Waals surface area contributed by atoms with Crippen LogP contribution in [0.2, 0.25) is 0 Å². The number of rotatable bonds is 12. The summed E-state index contributed by atoms with van der Waals surface area (Å²) < 4.78 is 11.0. The van der Waals surface area contributed by atoms with E-state index < -0.39 is 0 Å². The second kappa shape index (κ2) is 20.2. The molecule has 9 rings (SSSR count). The fourth-order valence-electron chi connectivity index (χ4n) is 9.51. The van der Waals surface area contributed by atoms with Gasteiger partial charge in [-0.2, -0.15) is 5.26 Å². The van der Waals surface area contributed by atoms with Crippen molar-refractivity contribution in [2.75, 3.05) is 24.0 Å². The van der Waals surface area contributed by atoms with Crippen molar-refractivity contribution in [1.82, 2.24) is 0 Å². The van der Waals surface area contributed by atoms with Crippen LogP contribution in [-0.2, 0) is 10.8 Å². The number of anilines is 6. The summed E-state index contributed by atoms with van der Waals surface area (Å²) in [7, 11) is 3.36. The number of methoxy groups -OCH3 is 2. The quantitative estimate of drug-likeness (QED) is 0.0902. The monoisotopic (exact) mass is 938 g/mol. The summed E-state index contributed by atoms with van der Waals surface area (Å²) in [5, 5.41) is 15.2. The van der Waals surface area contributed by atoms with Gasteiger partial charge in [-0.3, -0.25) is 0 Å². The molecule has 0 aromatic heterocycles. The number of fused-ring (bicyclic) bond motifs is 2. The normalized spacial score (nSPS) is 11.8. The predicted octanol–water partition coefficient (Wildman–Crippen LogP) is 18.3. The van der Waals surface area contributed by atoms with E-state index in [2.05, 4.69) is 208 Å². The molecule has 9 aromatic rings. The Morgan fingerprint density at radius 2 is 0.833 bits per heavy atom. The lowest BCUT2D eigenvalue weighted by Crippen LogP contribution is -2.14. The SMILES string of the molecule is [C-]#[N+]c1cc(/C=C/c2ccc(N(c3ccc(OC)cc3)c3ccc(C(C)(C)C)c4ccccc34)cc2)c(C#N)cc1/C=C/c1ccc(N(c2ccc(OC)cc2)c2ccc(C(C)(C)C)c3ccccc23)cc1. The molecule has 9 aromatic carbocycles. The number of hydrogen-bond donors (Lipinski definition) is 0. The van der Waals surface area contributed by atoms with Gasteiger partial charge in [-0.15, -0.1) is 0 Å². The fraction of sp³-hybridized carbons (Fsp3) is 0.152. The van der Waals surface area contributed by atoms with Crippen molar-refractivity contribution in [2.24, 2.45) is 0 Å². The fourth-order valence-corrected chi connectivity index (χ4v) is 9.51. The molecule has 0 unspecified atom stereocenters. The van der Waals surface area contributed by atoms with Crippen molar-refractivity contribution in [3.63, 3.8) is 0 Å². The topological polar surface area (TPSA) is 53.1 Å². The number of ether oxygens (including phenoxy) is 2. The summed E-state index contributed by atoms with van der Waals surface area (Å²) >= 11 is 0. The Balaban J connectivity index is 0.990. The molecule has 6 nitrogen and oxygen atoms in total. The molecule has 0 atom stereocenters. The highest BCUT2D eigenvalue weighted by Gasteiger charge is 2.23. The molecule has 0 heterocycles. The minimum absolute atomic E-state index is 0.0247. The molecule has 0 amide bonds. The minimum Gasteiger partial charge on any atom is -0.497 e. The van der Waals surface area contributed by atoms with Crippen molar-refractivity contribution in [3.05, 3.63) is 232 Å². The van der Waals surface area contributed by atoms with E-state index in [9.17, 15) is 5.26 Å². The largest absolute Gasteiger partial charge is 0.497 e. The summed E-state index contributed by atoms with van der Waals surface area (Å²) in [6.07, 6.45) is 7.83. The van der Waals surface area contributed by atoms with E-state index in [4.69, 9.17) is 16.0 Å². The van der Waals surface area contributed by atoms with Gasteiger partial charge in [0.1, 0.15) is 11.5 Å². The van der Waals surface area contributed by atoms with Gasteiger partial charge in [-0.1, -0.05) is 151 Å². The van der Waals surface area contributed by atoms with Crippen molar-refractivity contribution in [2.45, 2.75) is 52.4 Å². The molecule has 6 heteroatoms. The van der Waals surface area contributed by atoms with E-state index in [1.165, 1.54) is 32.7 Å². The van der Waals surface area contributed by atoms with Crippen molar-refractivity contribution in [3.8, 4) is 17.6 Å². The predicted molar refractivity (Wildman–Crippen MR) is 303 cm³/mol. The van der Waals surface area contributed by atoms with Crippen LogP contribution >= 0.6 is 0 Å². The minimum atomic E-state index is -0.0249. The van der Waals surface area contributed by atoms with Crippen LogP contribution in [0.3, 0.4) is 0 Å².